The summed E-state index contributed by atoms with van der Waals surface area (Å²) in [6, 6.07) is 14.5. The average Bonchev–Trinajstić information content (AvgIpc) is 3.04. The van der Waals surface area contributed by atoms with Gasteiger partial charge in [-0.25, -0.2) is 0 Å². The van der Waals surface area contributed by atoms with Gasteiger partial charge in [0.05, 0.1) is 28.8 Å². The van der Waals surface area contributed by atoms with Gasteiger partial charge < -0.3 is 10.2 Å². The summed E-state index contributed by atoms with van der Waals surface area (Å²) in [6.45, 7) is 0.336. The van der Waals surface area contributed by atoms with Crippen LogP contribution in [0, 0.1) is 16.0 Å². The second kappa shape index (κ2) is 6.20. The predicted octanol–water partition coefficient (Wildman–Crippen LogP) is 3.72. The van der Waals surface area contributed by atoms with Crippen molar-refractivity contribution in [2.24, 2.45) is 5.92 Å². The van der Waals surface area contributed by atoms with Crippen molar-refractivity contribution in [3.63, 3.8) is 0 Å². The highest BCUT2D eigenvalue weighted by Crippen LogP contribution is 2.39. The summed E-state index contributed by atoms with van der Waals surface area (Å²) >= 11 is 0. The number of hydrogen-bond acceptors (Lipinski definition) is 4. The lowest BCUT2D eigenvalue weighted by Gasteiger charge is -2.25. The van der Waals surface area contributed by atoms with E-state index in [1.165, 1.54) is 6.07 Å². The number of nitro groups is 1. The Morgan fingerprint density at radius 1 is 1.16 bits per heavy atom. The minimum atomic E-state index is -0.406. The number of nitro benzene ring substituents is 1. The molecule has 0 aromatic heterocycles. The molecular formula is C19H19N3O3. The fourth-order valence-corrected chi connectivity index (χ4v) is 3.89. The Bertz CT molecular complexity index is 836. The first-order valence-electron chi connectivity index (χ1n) is 8.54. The lowest BCUT2D eigenvalue weighted by molar-refractivity contribution is -0.384. The number of hydrogen-bond donors (Lipinski definition) is 1. The summed E-state index contributed by atoms with van der Waals surface area (Å²) in [5.74, 6) is 0.0672. The van der Waals surface area contributed by atoms with Gasteiger partial charge in [-0.2, -0.15) is 0 Å². The number of non-ortho nitro benzene ring substituents is 1. The molecule has 2 atom stereocenters. The van der Waals surface area contributed by atoms with Gasteiger partial charge in [-0.05, 0) is 30.5 Å². The molecular weight excluding hydrogens is 318 g/mol. The standard InChI is InChI=1S/C19H19N3O3/c23-19-15-7-4-9-16(15)20-17-8-1-2-10-18(17)21(19)12-13-5-3-6-14(11-13)22(24)25/h1-3,5-6,8,10-11,15-16,20H,4,7,9,12H2. The lowest BCUT2D eigenvalue weighted by Crippen LogP contribution is -2.38. The molecule has 1 aliphatic carbocycles. The fourth-order valence-electron chi connectivity index (χ4n) is 3.89. The van der Waals surface area contributed by atoms with Gasteiger partial charge in [-0.15, -0.1) is 0 Å². The maximum atomic E-state index is 13.2. The molecule has 1 saturated carbocycles. The number of fused-ring (bicyclic) bond motifs is 2. The molecule has 2 unspecified atom stereocenters. The number of carbonyl (C=O) groups excluding carboxylic acids is 1. The Morgan fingerprint density at radius 3 is 2.84 bits per heavy atom. The highest BCUT2D eigenvalue weighted by Gasteiger charge is 2.39. The largest absolute Gasteiger partial charge is 0.380 e. The second-order valence-electron chi connectivity index (χ2n) is 6.66. The number of benzene rings is 2. The van der Waals surface area contributed by atoms with Crippen LogP contribution < -0.4 is 10.2 Å². The SMILES string of the molecule is O=C1C2CCCC2Nc2ccccc2N1Cc1cccc([N+](=O)[O-])c1. The molecule has 1 heterocycles. The number of carbonyl (C=O) groups is 1. The molecule has 1 N–H and O–H groups in total. The lowest BCUT2D eigenvalue weighted by atomic mass is 10.0. The maximum Gasteiger partial charge on any atom is 0.269 e. The molecule has 6 heteroatoms. The van der Waals surface area contributed by atoms with Crippen LogP contribution in [0.15, 0.2) is 48.5 Å². The molecule has 0 bridgehead atoms. The van der Waals surface area contributed by atoms with E-state index in [2.05, 4.69) is 5.32 Å². The molecule has 25 heavy (non-hydrogen) atoms. The summed E-state index contributed by atoms with van der Waals surface area (Å²) in [6.07, 6.45) is 2.92. The van der Waals surface area contributed by atoms with Crippen molar-refractivity contribution < 1.29 is 9.72 Å². The van der Waals surface area contributed by atoms with Crippen LogP contribution >= 0.6 is 0 Å². The summed E-state index contributed by atoms with van der Waals surface area (Å²) in [5.41, 5.74) is 2.60. The van der Waals surface area contributed by atoms with E-state index in [9.17, 15) is 14.9 Å². The third-order valence-electron chi connectivity index (χ3n) is 5.10. The van der Waals surface area contributed by atoms with Crippen molar-refractivity contribution >= 4 is 23.0 Å². The van der Waals surface area contributed by atoms with Gasteiger partial charge in [0, 0.05) is 18.2 Å². The van der Waals surface area contributed by atoms with Crippen molar-refractivity contribution in [3.8, 4) is 0 Å². The van der Waals surface area contributed by atoms with E-state index in [0.29, 0.717) is 6.54 Å². The monoisotopic (exact) mass is 337 g/mol. The first-order chi connectivity index (χ1) is 12.1. The van der Waals surface area contributed by atoms with Crippen LogP contribution in [-0.2, 0) is 11.3 Å². The van der Waals surface area contributed by atoms with Crippen LogP contribution in [0.2, 0.25) is 0 Å². The Labute approximate surface area is 145 Å². The van der Waals surface area contributed by atoms with E-state index in [0.717, 1.165) is 36.2 Å². The van der Waals surface area contributed by atoms with Crippen LogP contribution in [0.4, 0.5) is 17.1 Å². The number of amides is 1. The topological polar surface area (TPSA) is 75.5 Å². The molecule has 2 aromatic carbocycles. The Kier molecular flexibility index (Phi) is 3.87. The first-order valence-corrected chi connectivity index (χ1v) is 8.54. The summed E-state index contributed by atoms with van der Waals surface area (Å²) in [4.78, 5) is 25.6. The molecule has 2 aromatic rings. The summed E-state index contributed by atoms with van der Waals surface area (Å²) < 4.78 is 0. The minimum Gasteiger partial charge on any atom is -0.380 e. The second-order valence-corrected chi connectivity index (χ2v) is 6.66. The number of para-hydroxylation sites is 2. The predicted molar refractivity (Wildman–Crippen MR) is 95.5 cm³/mol. The van der Waals surface area contributed by atoms with Crippen molar-refractivity contribution in [1.29, 1.82) is 0 Å². The van der Waals surface area contributed by atoms with Crippen LogP contribution in [0.1, 0.15) is 24.8 Å². The van der Waals surface area contributed by atoms with E-state index in [1.54, 1.807) is 17.0 Å². The van der Waals surface area contributed by atoms with E-state index < -0.39 is 4.92 Å². The number of nitrogens with one attached hydrogen (secondary N) is 1. The van der Waals surface area contributed by atoms with Gasteiger partial charge in [0.25, 0.3) is 5.69 Å². The molecule has 1 fully saturated rings. The quantitative estimate of drug-likeness (QED) is 0.684. The van der Waals surface area contributed by atoms with E-state index >= 15 is 0 Å². The number of anilines is 2. The highest BCUT2D eigenvalue weighted by atomic mass is 16.6. The Morgan fingerprint density at radius 2 is 2.00 bits per heavy atom. The molecule has 0 saturated heterocycles. The Hall–Kier alpha value is -2.89. The molecule has 0 spiro atoms. The van der Waals surface area contributed by atoms with Gasteiger partial charge in [-0.1, -0.05) is 30.7 Å². The van der Waals surface area contributed by atoms with E-state index in [4.69, 9.17) is 0 Å². The fraction of sp³-hybridized carbons (Fsp3) is 0.316. The molecule has 1 aliphatic heterocycles. The van der Waals surface area contributed by atoms with Crippen molar-refractivity contribution in [2.75, 3.05) is 10.2 Å². The zero-order chi connectivity index (χ0) is 17.4. The van der Waals surface area contributed by atoms with Gasteiger partial charge in [0.2, 0.25) is 5.91 Å². The maximum absolute atomic E-state index is 13.2. The van der Waals surface area contributed by atoms with Crippen molar-refractivity contribution in [3.05, 3.63) is 64.2 Å². The van der Waals surface area contributed by atoms with E-state index in [-0.39, 0.29) is 23.6 Å². The first kappa shape index (κ1) is 15.6. The molecule has 6 nitrogen and oxygen atoms in total. The third-order valence-corrected chi connectivity index (χ3v) is 5.10. The van der Waals surface area contributed by atoms with Crippen molar-refractivity contribution in [1.82, 2.24) is 0 Å². The van der Waals surface area contributed by atoms with Crippen LogP contribution in [0.5, 0.6) is 0 Å². The van der Waals surface area contributed by atoms with Crippen molar-refractivity contribution in [2.45, 2.75) is 31.8 Å². The average molecular weight is 337 g/mol. The number of nitrogens with zero attached hydrogens (tertiary/aromatic N) is 2. The number of rotatable bonds is 3. The smallest absolute Gasteiger partial charge is 0.269 e. The van der Waals surface area contributed by atoms with Gasteiger partial charge >= 0.3 is 0 Å². The minimum absolute atomic E-state index is 0.0360. The van der Waals surface area contributed by atoms with Gasteiger partial charge in [0.15, 0.2) is 0 Å². The summed E-state index contributed by atoms with van der Waals surface area (Å²) in [7, 11) is 0. The van der Waals surface area contributed by atoms with Crippen LogP contribution in [-0.4, -0.2) is 16.9 Å². The Balaban J connectivity index is 1.72. The normalized spacial score (nSPS) is 21.9. The van der Waals surface area contributed by atoms with Crippen LogP contribution in [0.25, 0.3) is 0 Å². The van der Waals surface area contributed by atoms with Crippen LogP contribution in [0.3, 0.4) is 0 Å². The molecule has 2 aliphatic rings. The molecule has 4 rings (SSSR count). The van der Waals surface area contributed by atoms with E-state index in [1.807, 2.05) is 30.3 Å². The molecule has 0 radical (unpaired) electrons. The van der Waals surface area contributed by atoms with Gasteiger partial charge in [0.1, 0.15) is 0 Å². The zero-order valence-electron chi connectivity index (χ0n) is 13.7. The zero-order valence-corrected chi connectivity index (χ0v) is 13.7. The van der Waals surface area contributed by atoms with Gasteiger partial charge in [-0.3, -0.25) is 14.9 Å². The highest BCUT2D eigenvalue weighted by molar-refractivity contribution is 6.00. The molecule has 128 valence electrons. The summed E-state index contributed by atoms with van der Waals surface area (Å²) in [5, 5.41) is 14.6. The molecule has 1 amide bonds. The third kappa shape index (κ3) is 2.84.